The zero-order valence-electron chi connectivity index (χ0n) is 12.7. The highest BCUT2D eigenvalue weighted by molar-refractivity contribution is 7.10. The van der Waals surface area contributed by atoms with Gasteiger partial charge >= 0.3 is 0 Å². The summed E-state index contributed by atoms with van der Waals surface area (Å²) in [6.07, 6.45) is 0. The molecule has 0 fully saturated rings. The van der Waals surface area contributed by atoms with E-state index in [0.717, 1.165) is 29.2 Å². The van der Waals surface area contributed by atoms with E-state index in [2.05, 4.69) is 14.7 Å². The van der Waals surface area contributed by atoms with Crippen molar-refractivity contribution in [3.63, 3.8) is 0 Å². The summed E-state index contributed by atoms with van der Waals surface area (Å²) in [6, 6.07) is 8.55. The van der Waals surface area contributed by atoms with Crippen LogP contribution >= 0.6 is 23.1 Å². The molecule has 25 heavy (non-hydrogen) atoms. The Balaban J connectivity index is 1.79. The molecule has 5 nitrogen and oxygen atoms in total. The Morgan fingerprint density at radius 3 is 2.56 bits per heavy atom. The number of hydrogen-bond acceptors (Lipinski definition) is 5. The molecule has 1 amide bonds. The highest BCUT2D eigenvalue weighted by Crippen LogP contribution is 2.25. The Labute approximate surface area is 150 Å². The van der Waals surface area contributed by atoms with Crippen LogP contribution in [0.25, 0.3) is 11.4 Å². The van der Waals surface area contributed by atoms with Crippen molar-refractivity contribution in [3.8, 4) is 17.1 Å². The lowest BCUT2D eigenvalue weighted by molar-refractivity contribution is 0.102. The lowest BCUT2D eigenvalue weighted by Gasteiger charge is -2.04. The van der Waals surface area contributed by atoms with E-state index in [1.165, 1.54) is 0 Å². The fourth-order valence-electron chi connectivity index (χ4n) is 1.99. The monoisotopic (exact) mass is 381 g/mol. The van der Waals surface area contributed by atoms with Gasteiger partial charge in [0.2, 0.25) is 5.13 Å². The molecule has 0 unspecified atom stereocenters. The van der Waals surface area contributed by atoms with E-state index >= 15 is 0 Å². The van der Waals surface area contributed by atoms with Gasteiger partial charge in [0.1, 0.15) is 5.75 Å². The van der Waals surface area contributed by atoms with Crippen LogP contribution in [0.3, 0.4) is 0 Å². The number of nitrogens with zero attached hydrogens (tertiary/aromatic N) is 2. The third kappa shape index (κ3) is 3.75. The summed E-state index contributed by atoms with van der Waals surface area (Å²) in [5, 5.41) is 2.47. The molecule has 0 aliphatic carbocycles. The van der Waals surface area contributed by atoms with Gasteiger partial charge < -0.3 is 4.74 Å². The third-order valence-corrected chi connectivity index (χ3v) is 4.19. The van der Waals surface area contributed by atoms with Crippen LogP contribution in [0.15, 0.2) is 36.4 Å². The number of hydrogen-bond donors (Lipinski definition) is 1. The molecule has 0 bridgehead atoms. The van der Waals surface area contributed by atoms with Crippen LogP contribution in [-0.4, -0.2) is 22.4 Å². The zero-order valence-corrected chi connectivity index (χ0v) is 14.3. The molecule has 0 saturated carbocycles. The molecule has 0 aliphatic rings. The van der Waals surface area contributed by atoms with Crippen molar-refractivity contribution in [1.82, 2.24) is 9.36 Å². The summed E-state index contributed by atoms with van der Waals surface area (Å²) < 4.78 is 35.6. The van der Waals surface area contributed by atoms with Crippen molar-refractivity contribution in [3.05, 3.63) is 58.6 Å². The molecule has 0 saturated heterocycles. The molecule has 3 rings (SSSR count). The summed E-state index contributed by atoms with van der Waals surface area (Å²) in [7, 11) is 1.56. The van der Waals surface area contributed by atoms with Crippen LogP contribution in [0.5, 0.6) is 5.75 Å². The van der Waals surface area contributed by atoms with E-state index in [4.69, 9.17) is 16.3 Å². The molecule has 0 aliphatic heterocycles. The maximum absolute atomic E-state index is 13.3. The van der Waals surface area contributed by atoms with Gasteiger partial charge in [-0.15, -0.1) is 0 Å². The molecule has 1 N–H and O–H groups in total. The van der Waals surface area contributed by atoms with Crippen molar-refractivity contribution < 1.29 is 18.3 Å². The quantitative estimate of drug-likeness (QED) is 0.680. The number of carbonyl (C=O) groups excluding carboxylic acids is 1. The molecule has 2 aromatic carbocycles. The van der Waals surface area contributed by atoms with E-state index in [1.54, 1.807) is 31.4 Å². The van der Waals surface area contributed by atoms with E-state index < -0.39 is 17.5 Å². The van der Waals surface area contributed by atoms with Crippen LogP contribution in [0.4, 0.5) is 13.9 Å². The Bertz CT molecular complexity index is 932. The van der Waals surface area contributed by atoms with Crippen molar-refractivity contribution >= 4 is 34.2 Å². The van der Waals surface area contributed by atoms with Gasteiger partial charge in [-0.25, -0.2) is 8.78 Å². The minimum atomic E-state index is -1.16. The average Bonchev–Trinajstić information content (AvgIpc) is 3.06. The smallest absolute Gasteiger partial charge is 0.259 e. The Morgan fingerprint density at radius 2 is 1.88 bits per heavy atom. The predicted molar refractivity (Wildman–Crippen MR) is 91.2 cm³/mol. The number of halogens is 3. The molecule has 1 aromatic heterocycles. The third-order valence-electron chi connectivity index (χ3n) is 3.25. The minimum absolute atomic E-state index is 0.193. The van der Waals surface area contributed by atoms with Crippen molar-refractivity contribution in [2.75, 3.05) is 12.4 Å². The first-order valence-electron chi connectivity index (χ1n) is 6.92. The summed E-state index contributed by atoms with van der Waals surface area (Å²) >= 11 is 6.74. The maximum atomic E-state index is 13.3. The van der Waals surface area contributed by atoms with E-state index in [1.807, 2.05) is 0 Å². The molecule has 0 atom stereocenters. The van der Waals surface area contributed by atoms with Gasteiger partial charge in [-0.1, -0.05) is 11.6 Å². The van der Waals surface area contributed by atoms with Gasteiger partial charge in [-0.05, 0) is 36.4 Å². The second-order valence-electron chi connectivity index (χ2n) is 4.85. The maximum Gasteiger partial charge on any atom is 0.259 e. The van der Waals surface area contributed by atoms with Crippen molar-refractivity contribution in [1.29, 1.82) is 0 Å². The number of rotatable bonds is 4. The molecule has 9 heteroatoms. The topological polar surface area (TPSA) is 64.1 Å². The zero-order chi connectivity index (χ0) is 18.0. The van der Waals surface area contributed by atoms with E-state index in [0.29, 0.717) is 11.6 Å². The molecule has 128 valence electrons. The van der Waals surface area contributed by atoms with Gasteiger partial charge in [0.25, 0.3) is 5.91 Å². The molecular weight excluding hydrogens is 372 g/mol. The average molecular weight is 382 g/mol. The summed E-state index contributed by atoms with van der Waals surface area (Å²) in [5.74, 6) is -1.88. The molecule has 0 radical (unpaired) electrons. The van der Waals surface area contributed by atoms with Crippen LogP contribution in [-0.2, 0) is 0 Å². The Morgan fingerprint density at radius 1 is 1.20 bits per heavy atom. The van der Waals surface area contributed by atoms with Crippen LogP contribution in [0, 0.1) is 11.6 Å². The molecule has 1 heterocycles. The largest absolute Gasteiger partial charge is 0.497 e. The second-order valence-corrected chi connectivity index (χ2v) is 6.01. The number of benzene rings is 2. The Hall–Kier alpha value is -2.58. The highest BCUT2D eigenvalue weighted by atomic mass is 35.5. The Kier molecular flexibility index (Phi) is 4.91. The lowest BCUT2D eigenvalue weighted by Crippen LogP contribution is -2.13. The number of nitrogens with one attached hydrogen (secondary N) is 1. The fourth-order valence-corrected chi connectivity index (χ4v) is 2.81. The minimum Gasteiger partial charge on any atom is -0.497 e. The van der Waals surface area contributed by atoms with E-state index in [-0.39, 0.29) is 15.7 Å². The van der Waals surface area contributed by atoms with Crippen LogP contribution < -0.4 is 10.1 Å². The standard InChI is InChI=1S/C16H10ClF2N3O2S/c1-24-9-4-2-8(3-5-9)14-20-16(25-22-14)21-15(23)10-6-12(18)13(19)7-11(10)17/h2-7H,1H3,(H,20,21,22,23). The van der Waals surface area contributed by atoms with Crippen molar-refractivity contribution in [2.24, 2.45) is 0 Å². The number of anilines is 1. The summed E-state index contributed by atoms with van der Waals surface area (Å²) in [6.45, 7) is 0. The lowest BCUT2D eigenvalue weighted by atomic mass is 10.2. The van der Waals surface area contributed by atoms with Crippen molar-refractivity contribution in [2.45, 2.75) is 0 Å². The van der Waals surface area contributed by atoms with Gasteiger partial charge in [0.05, 0.1) is 17.7 Å². The first-order chi connectivity index (χ1) is 12.0. The van der Waals surface area contributed by atoms with Gasteiger partial charge in [-0.2, -0.15) is 9.36 Å². The summed E-state index contributed by atoms with van der Waals surface area (Å²) in [4.78, 5) is 16.4. The van der Waals surface area contributed by atoms with E-state index in [9.17, 15) is 13.6 Å². The number of ether oxygens (including phenoxy) is 1. The van der Waals surface area contributed by atoms with Gasteiger partial charge in [0, 0.05) is 17.1 Å². The first kappa shape index (κ1) is 17.2. The van der Waals surface area contributed by atoms with Gasteiger partial charge in [0.15, 0.2) is 17.5 Å². The van der Waals surface area contributed by atoms with Crippen LogP contribution in [0.2, 0.25) is 5.02 Å². The SMILES string of the molecule is COc1ccc(-c2nsc(NC(=O)c3cc(F)c(F)cc3Cl)n2)cc1. The number of aromatic nitrogens is 2. The second kappa shape index (κ2) is 7.12. The molecule has 3 aromatic rings. The highest BCUT2D eigenvalue weighted by Gasteiger charge is 2.17. The van der Waals surface area contributed by atoms with Gasteiger partial charge in [-0.3, -0.25) is 10.1 Å². The predicted octanol–water partition coefficient (Wildman–Crippen LogP) is 4.40. The fraction of sp³-hybridized carbons (Fsp3) is 0.0625. The number of amides is 1. The molecular formula is C16H10ClF2N3O2S. The normalized spacial score (nSPS) is 10.6. The number of carbonyl (C=O) groups is 1. The first-order valence-corrected chi connectivity index (χ1v) is 8.07. The van der Waals surface area contributed by atoms with Crippen LogP contribution in [0.1, 0.15) is 10.4 Å². The summed E-state index contributed by atoms with van der Waals surface area (Å²) in [5.41, 5.74) is 0.546. The molecule has 0 spiro atoms. The number of methoxy groups -OCH3 is 1.